The zero-order valence-electron chi connectivity index (χ0n) is 7.27. The topological polar surface area (TPSA) is 70.0 Å². The summed E-state index contributed by atoms with van der Waals surface area (Å²) in [4.78, 5) is 0. The predicted octanol–water partition coefficient (Wildman–Crippen LogP) is 1.87. The summed E-state index contributed by atoms with van der Waals surface area (Å²) >= 11 is 0. The van der Waals surface area contributed by atoms with Crippen molar-refractivity contribution in [2.45, 2.75) is 12.5 Å². The van der Waals surface area contributed by atoms with Crippen LogP contribution in [0.3, 0.4) is 0 Å². The number of phenols is 1. The number of halogens is 2. The number of rotatable bonds is 2. The van der Waals surface area contributed by atoms with Gasteiger partial charge in [0.2, 0.25) is 0 Å². The third-order valence-electron chi connectivity index (χ3n) is 1.70. The number of phenolic OH excluding ortho intramolecular Hbond substituents is 1. The Bertz CT molecular complexity index is 351. The lowest BCUT2D eigenvalue weighted by atomic mass is 10.0. The number of hydrogen-bond donors (Lipinski definition) is 2. The molecule has 76 valence electrons. The molecule has 0 heterocycles. The van der Waals surface area contributed by atoms with Gasteiger partial charge in [0.1, 0.15) is 11.6 Å². The van der Waals surface area contributed by atoms with Gasteiger partial charge in [-0.1, -0.05) is 0 Å². The van der Waals surface area contributed by atoms with Crippen LogP contribution in [0.1, 0.15) is 18.0 Å². The first-order chi connectivity index (χ1) is 6.15. The molecule has 0 unspecified atom stereocenters. The van der Waals surface area contributed by atoms with Crippen LogP contribution < -0.4 is 5.73 Å². The number of nitrogens with two attached hydrogens (primary N) is 1. The number of benzene rings is 1. The van der Waals surface area contributed by atoms with E-state index < -0.39 is 11.9 Å². The van der Waals surface area contributed by atoms with E-state index in [0.29, 0.717) is 0 Å². The fourth-order valence-corrected chi connectivity index (χ4v) is 1.03. The van der Waals surface area contributed by atoms with Crippen molar-refractivity contribution in [3.63, 3.8) is 0 Å². The minimum atomic E-state index is -0.638. The van der Waals surface area contributed by atoms with Crippen LogP contribution in [0.15, 0.2) is 18.2 Å². The summed E-state index contributed by atoms with van der Waals surface area (Å²) in [5, 5.41) is 17.6. The quantitative estimate of drug-likeness (QED) is 0.793. The second kappa shape index (κ2) is 5.43. The number of nitrogens with zero attached hydrogens (tertiary/aromatic N) is 1. The summed E-state index contributed by atoms with van der Waals surface area (Å²) in [6.07, 6.45) is 0.0526. The highest BCUT2D eigenvalue weighted by Gasteiger charge is 2.10. The molecule has 0 aromatic heterocycles. The smallest absolute Gasteiger partial charge is 0.123 e. The summed E-state index contributed by atoms with van der Waals surface area (Å²) in [5.41, 5.74) is 5.79. The van der Waals surface area contributed by atoms with E-state index in [2.05, 4.69) is 0 Å². The zero-order valence-corrected chi connectivity index (χ0v) is 8.09. The summed E-state index contributed by atoms with van der Waals surface area (Å²) in [7, 11) is 0. The lowest BCUT2D eigenvalue weighted by Crippen LogP contribution is -2.09. The number of hydrogen-bond acceptors (Lipinski definition) is 3. The lowest BCUT2D eigenvalue weighted by molar-refractivity contribution is 0.459. The molecule has 0 aliphatic heterocycles. The largest absolute Gasteiger partial charge is 0.508 e. The van der Waals surface area contributed by atoms with Gasteiger partial charge >= 0.3 is 0 Å². The molecule has 3 nitrogen and oxygen atoms in total. The molecule has 0 spiro atoms. The summed E-state index contributed by atoms with van der Waals surface area (Å²) in [6, 6.07) is 4.71. The second-order valence-corrected chi connectivity index (χ2v) is 2.67. The van der Waals surface area contributed by atoms with E-state index in [1.165, 1.54) is 6.07 Å². The maximum absolute atomic E-state index is 12.7. The molecule has 0 fully saturated rings. The predicted molar refractivity (Wildman–Crippen MR) is 52.5 cm³/mol. The van der Waals surface area contributed by atoms with Gasteiger partial charge in [0.15, 0.2) is 0 Å². The van der Waals surface area contributed by atoms with Crippen molar-refractivity contribution in [3.05, 3.63) is 29.6 Å². The molecule has 1 atom stereocenters. The first-order valence-corrected chi connectivity index (χ1v) is 3.76. The summed E-state index contributed by atoms with van der Waals surface area (Å²) < 4.78 is 12.7. The lowest BCUT2D eigenvalue weighted by Gasteiger charge is -2.09. The van der Waals surface area contributed by atoms with Crippen molar-refractivity contribution < 1.29 is 9.50 Å². The van der Waals surface area contributed by atoms with Crippen LogP contribution in [0.4, 0.5) is 4.39 Å². The Balaban J connectivity index is 0.00000169. The number of aromatic hydroxyl groups is 1. The molecule has 0 bridgehead atoms. The molecule has 0 aliphatic rings. The molecule has 0 aliphatic carbocycles. The minimum Gasteiger partial charge on any atom is -0.508 e. The third kappa shape index (κ3) is 2.87. The molecule has 14 heavy (non-hydrogen) atoms. The minimum absolute atomic E-state index is 0. The third-order valence-corrected chi connectivity index (χ3v) is 1.70. The van der Waals surface area contributed by atoms with E-state index >= 15 is 0 Å². The van der Waals surface area contributed by atoms with Gasteiger partial charge in [0, 0.05) is 11.6 Å². The van der Waals surface area contributed by atoms with Gasteiger partial charge in [-0.05, 0) is 18.2 Å². The van der Waals surface area contributed by atoms with Gasteiger partial charge in [0.25, 0.3) is 0 Å². The molecule has 0 radical (unpaired) electrons. The maximum atomic E-state index is 12.7. The van der Waals surface area contributed by atoms with Gasteiger partial charge < -0.3 is 10.8 Å². The first-order valence-electron chi connectivity index (χ1n) is 3.76. The Kier molecular flexibility index (Phi) is 4.92. The maximum Gasteiger partial charge on any atom is 0.123 e. The molecule has 1 rings (SSSR count). The molecule has 3 N–H and O–H groups in total. The van der Waals surface area contributed by atoms with Crippen LogP contribution in [-0.2, 0) is 0 Å². The van der Waals surface area contributed by atoms with E-state index in [-0.39, 0.29) is 30.1 Å². The van der Waals surface area contributed by atoms with Gasteiger partial charge in [-0.15, -0.1) is 12.4 Å². The SMILES string of the molecule is Cl.N#CC[C@@H](N)c1cc(F)ccc1O. The summed E-state index contributed by atoms with van der Waals surface area (Å²) in [5.74, 6) is -0.551. The fourth-order valence-electron chi connectivity index (χ4n) is 1.03. The Labute approximate surface area is 87.4 Å². The van der Waals surface area contributed by atoms with Gasteiger partial charge in [0.05, 0.1) is 12.5 Å². The monoisotopic (exact) mass is 216 g/mol. The highest BCUT2D eigenvalue weighted by Crippen LogP contribution is 2.24. The molecule has 1 aromatic carbocycles. The van der Waals surface area contributed by atoms with Crippen molar-refractivity contribution in [2.75, 3.05) is 0 Å². The van der Waals surface area contributed by atoms with Gasteiger partial charge in [-0.3, -0.25) is 0 Å². The molecule has 5 heteroatoms. The number of nitriles is 1. The highest BCUT2D eigenvalue weighted by molar-refractivity contribution is 5.85. The fraction of sp³-hybridized carbons (Fsp3) is 0.222. The van der Waals surface area contributed by atoms with Crippen LogP contribution >= 0.6 is 12.4 Å². The van der Waals surface area contributed by atoms with Crippen molar-refractivity contribution in [1.82, 2.24) is 0 Å². The average molecular weight is 217 g/mol. The normalized spacial score (nSPS) is 11.2. The van der Waals surface area contributed by atoms with Crippen molar-refractivity contribution in [2.24, 2.45) is 5.73 Å². The van der Waals surface area contributed by atoms with E-state index in [4.69, 9.17) is 11.0 Å². The van der Waals surface area contributed by atoms with Crippen LogP contribution in [-0.4, -0.2) is 5.11 Å². The molecule has 0 saturated carbocycles. The Morgan fingerprint density at radius 2 is 2.21 bits per heavy atom. The second-order valence-electron chi connectivity index (χ2n) is 2.67. The molecule has 1 aromatic rings. The van der Waals surface area contributed by atoms with Crippen LogP contribution in [0, 0.1) is 17.1 Å². The van der Waals surface area contributed by atoms with E-state index in [9.17, 15) is 9.50 Å². The Morgan fingerprint density at radius 3 is 2.79 bits per heavy atom. The molecular formula is C9H10ClFN2O. The highest BCUT2D eigenvalue weighted by atomic mass is 35.5. The Morgan fingerprint density at radius 1 is 1.57 bits per heavy atom. The van der Waals surface area contributed by atoms with E-state index in [1.54, 1.807) is 0 Å². The van der Waals surface area contributed by atoms with Gasteiger partial charge in [-0.25, -0.2) is 4.39 Å². The summed E-state index contributed by atoms with van der Waals surface area (Å²) in [6.45, 7) is 0. The van der Waals surface area contributed by atoms with Crippen LogP contribution in [0.5, 0.6) is 5.75 Å². The van der Waals surface area contributed by atoms with E-state index in [1.807, 2.05) is 6.07 Å². The van der Waals surface area contributed by atoms with Crippen molar-refractivity contribution in [1.29, 1.82) is 5.26 Å². The standard InChI is InChI=1S/C9H9FN2O.ClH/c10-6-1-2-9(13)7(5-6)8(12)3-4-11;/h1-2,5,8,13H,3,12H2;1H/t8-;/m1./s1. The average Bonchev–Trinajstić information content (AvgIpc) is 2.09. The van der Waals surface area contributed by atoms with Crippen molar-refractivity contribution >= 4 is 12.4 Å². The zero-order chi connectivity index (χ0) is 9.84. The van der Waals surface area contributed by atoms with Crippen LogP contribution in [0.2, 0.25) is 0 Å². The Hall–Kier alpha value is -1.31. The first kappa shape index (κ1) is 12.7. The van der Waals surface area contributed by atoms with Crippen molar-refractivity contribution in [3.8, 4) is 11.8 Å². The molecular weight excluding hydrogens is 207 g/mol. The van der Waals surface area contributed by atoms with E-state index in [0.717, 1.165) is 12.1 Å². The van der Waals surface area contributed by atoms with Crippen LogP contribution in [0.25, 0.3) is 0 Å². The molecule has 0 amide bonds. The van der Waals surface area contributed by atoms with Gasteiger partial charge in [-0.2, -0.15) is 5.26 Å². The molecule has 0 saturated heterocycles.